The number of halogens is 1. The monoisotopic (exact) mass is 376 g/mol. The maximum atomic E-state index is 12.1. The van der Waals surface area contributed by atoms with Gasteiger partial charge in [0.2, 0.25) is 0 Å². The number of amides is 1. The van der Waals surface area contributed by atoms with Crippen molar-refractivity contribution in [3.05, 3.63) is 74.3 Å². The average Bonchev–Trinajstić information content (AvgIpc) is 2.59. The van der Waals surface area contributed by atoms with E-state index in [0.717, 1.165) is 5.56 Å². The Hall–Kier alpha value is -2.93. The number of benzene rings is 2. The number of hydrogen-bond donors (Lipinski definition) is 1. The number of para-hydroxylation sites is 1. The molecule has 136 valence electrons. The van der Waals surface area contributed by atoms with Gasteiger partial charge in [-0.25, -0.2) is 4.79 Å². The Labute approximate surface area is 155 Å². The average molecular weight is 377 g/mol. The fourth-order valence-electron chi connectivity index (χ4n) is 2.46. The molecule has 0 radical (unpaired) electrons. The van der Waals surface area contributed by atoms with Crippen LogP contribution in [0.15, 0.2) is 42.5 Å². The molecule has 2 aromatic rings. The number of ether oxygens (including phenoxy) is 1. The van der Waals surface area contributed by atoms with E-state index in [4.69, 9.17) is 16.3 Å². The van der Waals surface area contributed by atoms with E-state index in [1.54, 1.807) is 31.2 Å². The third-order valence-corrected chi connectivity index (χ3v) is 4.07. The third kappa shape index (κ3) is 4.58. The minimum Gasteiger partial charge on any atom is -0.452 e. The topological polar surface area (TPSA) is 98.5 Å². The number of carbonyl (C=O) groups is 2. The van der Waals surface area contributed by atoms with E-state index in [1.165, 1.54) is 25.1 Å². The van der Waals surface area contributed by atoms with Crippen molar-refractivity contribution >= 4 is 29.2 Å². The number of carbonyl (C=O) groups excluding carboxylic acids is 2. The molecular weight excluding hydrogens is 360 g/mol. The van der Waals surface area contributed by atoms with Crippen molar-refractivity contribution in [1.82, 2.24) is 5.32 Å². The number of nitro groups is 1. The Morgan fingerprint density at radius 1 is 1.23 bits per heavy atom. The summed E-state index contributed by atoms with van der Waals surface area (Å²) in [5.41, 5.74) is 0.536. The summed E-state index contributed by atoms with van der Waals surface area (Å²) in [6, 6.07) is 11.0. The lowest BCUT2D eigenvalue weighted by atomic mass is 10.1. The Bertz CT molecular complexity index is 853. The van der Waals surface area contributed by atoms with E-state index in [2.05, 4.69) is 5.32 Å². The first kappa shape index (κ1) is 19.4. The lowest BCUT2D eigenvalue weighted by Crippen LogP contribution is -2.31. The fraction of sp³-hybridized carbons (Fsp3) is 0.222. The first-order valence-corrected chi connectivity index (χ1v) is 8.14. The SMILES string of the molecule is Cc1cccc(C(=O)OCC(=O)N[C@H](C)c2ccccc2Cl)c1[N+](=O)[O-]. The van der Waals surface area contributed by atoms with Crippen molar-refractivity contribution in [3.8, 4) is 0 Å². The van der Waals surface area contributed by atoms with Crippen LogP contribution in [0, 0.1) is 17.0 Å². The van der Waals surface area contributed by atoms with Gasteiger partial charge in [-0.15, -0.1) is 0 Å². The van der Waals surface area contributed by atoms with E-state index < -0.39 is 23.4 Å². The summed E-state index contributed by atoms with van der Waals surface area (Å²) in [6.45, 7) is 2.71. The van der Waals surface area contributed by atoms with E-state index in [9.17, 15) is 19.7 Å². The zero-order valence-electron chi connectivity index (χ0n) is 14.2. The lowest BCUT2D eigenvalue weighted by Gasteiger charge is -2.15. The summed E-state index contributed by atoms with van der Waals surface area (Å²) in [5.74, 6) is -1.47. The number of aryl methyl sites for hydroxylation is 1. The number of hydrogen-bond acceptors (Lipinski definition) is 5. The molecule has 0 aliphatic rings. The Balaban J connectivity index is 2.00. The molecule has 0 saturated heterocycles. The van der Waals surface area contributed by atoms with Gasteiger partial charge in [0, 0.05) is 10.6 Å². The number of esters is 1. The second-order valence-electron chi connectivity index (χ2n) is 5.62. The second-order valence-corrected chi connectivity index (χ2v) is 6.02. The van der Waals surface area contributed by atoms with Crippen LogP contribution in [0.2, 0.25) is 5.02 Å². The van der Waals surface area contributed by atoms with Gasteiger partial charge in [-0.2, -0.15) is 0 Å². The van der Waals surface area contributed by atoms with E-state index in [0.29, 0.717) is 10.6 Å². The predicted octanol–water partition coefficient (Wildman–Crippen LogP) is 3.59. The van der Waals surface area contributed by atoms with Crippen LogP contribution < -0.4 is 5.32 Å². The number of nitro benzene ring substituents is 1. The highest BCUT2D eigenvalue weighted by Gasteiger charge is 2.24. The molecule has 0 aromatic heterocycles. The van der Waals surface area contributed by atoms with Crippen molar-refractivity contribution in [3.63, 3.8) is 0 Å². The summed E-state index contributed by atoms with van der Waals surface area (Å²) in [7, 11) is 0. The van der Waals surface area contributed by atoms with Gasteiger partial charge < -0.3 is 10.1 Å². The van der Waals surface area contributed by atoms with Crippen LogP contribution in [-0.2, 0) is 9.53 Å². The molecule has 0 fully saturated rings. The van der Waals surface area contributed by atoms with Gasteiger partial charge in [0.15, 0.2) is 6.61 Å². The van der Waals surface area contributed by atoms with Crippen molar-refractivity contribution < 1.29 is 19.2 Å². The van der Waals surface area contributed by atoms with Gasteiger partial charge in [-0.1, -0.05) is 41.9 Å². The van der Waals surface area contributed by atoms with Crippen molar-refractivity contribution in [2.45, 2.75) is 19.9 Å². The van der Waals surface area contributed by atoms with Crippen LogP contribution in [0.1, 0.15) is 34.5 Å². The minimum atomic E-state index is -0.930. The van der Waals surface area contributed by atoms with Crippen LogP contribution >= 0.6 is 11.6 Å². The smallest absolute Gasteiger partial charge is 0.345 e. The molecule has 26 heavy (non-hydrogen) atoms. The Morgan fingerprint density at radius 3 is 2.58 bits per heavy atom. The molecule has 7 nitrogen and oxygen atoms in total. The largest absolute Gasteiger partial charge is 0.452 e. The van der Waals surface area contributed by atoms with Crippen molar-refractivity contribution in [1.29, 1.82) is 0 Å². The fourth-order valence-corrected chi connectivity index (χ4v) is 2.76. The van der Waals surface area contributed by atoms with Gasteiger partial charge >= 0.3 is 5.97 Å². The van der Waals surface area contributed by atoms with Crippen molar-refractivity contribution in [2.75, 3.05) is 6.61 Å². The number of rotatable bonds is 6. The third-order valence-electron chi connectivity index (χ3n) is 3.72. The first-order valence-electron chi connectivity index (χ1n) is 7.76. The summed E-state index contributed by atoms with van der Waals surface area (Å²) in [6.07, 6.45) is 0. The second kappa shape index (κ2) is 8.44. The highest BCUT2D eigenvalue weighted by atomic mass is 35.5. The Kier molecular flexibility index (Phi) is 6.30. The van der Waals surface area contributed by atoms with Crippen LogP contribution in [0.25, 0.3) is 0 Å². The molecule has 2 aromatic carbocycles. The standard InChI is InChI=1S/C18H17ClN2O5/c1-11-6-5-8-14(17(11)21(24)25)18(23)26-10-16(22)20-12(2)13-7-3-4-9-15(13)19/h3-9,12H,10H2,1-2H3,(H,20,22)/t12-/m1/s1. The summed E-state index contributed by atoms with van der Waals surface area (Å²) in [4.78, 5) is 34.6. The van der Waals surface area contributed by atoms with Crippen LogP contribution in [-0.4, -0.2) is 23.4 Å². The summed E-state index contributed by atoms with van der Waals surface area (Å²) >= 11 is 6.07. The number of nitrogens with zero attached hydrogens (tertiary/aromatic N) is 1. The van der Waals surface area contributed by atoms with Crippen LogP contribution in [0.4, 0.5) is 5.69 Å². The summed E-state index contributed by atoms with van der Waals surface area (Å²) < 4.78 is 4.91. The predicted molar refractivity (Wildman–Crippen MR) is 96.1 cm³/mol. The van der Waals surface area contributed by atoms with Gasteiger partial charge in [0.1, 0.15) is 5.56 Å². The maximum absolute atomic E-state index is 12.1. The molecule has 1 atom stereocenters. The van der Waals surface area contributed by atoms with Gasteiger partial charge in [0.25, 0.3) is 11.6 Å². The zero-order valence-corrected chi connectivity index (χ0v) is 14.9. The van der Waals surface area contributed by atoms with E-state index in [-0.39, 0.29) is 17.3 Å². The molecule has 0 bridgehead atoms. The molecule has 1 N–H and O–H groups in total. The molecule has 0 aliphatic heterocycles. The summed E-state index contributed by atoms with van der Waals surface area (Å²) in [5, 5.41) is 14.3. The van der Waals surface area contributed by atoms with Crippen LogP contribution in [0.3, 0.4) is 0 Å². The van der Waals surface area contributed by atoms with Crippen molar-refractivity contribution in [2.24, 2.45) is 0 Å². The van der Waals surface area contributed by atoms with Gasteiger partial charge in [-0.3, -0.25) is 14.9 Å². The first-order chi connectivity index (χ1) is 12.3. The molecule has 0 unspecified atom stereocenters. The highest BCUT2D eigenvalue weighted by molar-refractivity contribution is 6.31. The molecule has 0 heterocycles. The molecule has 2 rings (SSSR count). The molecule has 1 amide bonds. The van der Waals surface area contributed by atoms with E-state index >= 15 is 0 Å². The minimum absolute atomic E-state index is 0.193. The normalized spacial score (nSPS) is 11.5. The van der Waals surface area contributed by atoms with E-state index in [1.807, 2.05) is 0 Å². The molecule has 0 aliphatic carbocycles. The maximum Gasteiger partial charge on any atom is 0.345 e. The van der Waals surface area contributed by atoms with Gasteiger partial charge in [0.05, 0.1) is 11.0 Å². The number of nitrogens with one attached hydrogen (secondary N) is 1. The lowest BCUT2D eigenvalue weighted by molar-refractivity contribution is -0.385. The zero-order chi connectivity index (χ0) is 19.3. The highest BCUT2D eigenvalue weighted by Crippen LogP contribution is 2.24. The Morgan fingerprint density at radius 2 is 1.92 bits per heavy atom. The molecule has 0 saturated carbocycles. The van der Waals surface area contributed by atoms with Crippen LogP contribution in [0.5, 0.6) is 0 Å². The quantitative estimate of drug-likeness (QED) is 0.472. The molecule has 0 spiro atoms. The molecule has 8 heteroatoms. The van der Waals surface area contributed by atoms with Gasteiger partial charge in [-0.05, 0) is 31.5 Å². The molecular formula is C18H17ClN2O5.